The SMILES string of the molecule is CCOC[C@@H]1C[C@]2(COCCN2C(=O)c2ccccc2F)CO1. The molecule has 126 valence electrons. The van der Waals surface area contributed by atoms with Crippen molar-refractivity contribution < 1.29 is 23.4 Å². The third-order valence-electron chi connectivity index (χ3n) is 4.46. The minimum atomic E-state index is -0.528. The molecule has 1 spiro atoms. The van der Waals surface area contributed by atoms with Crippen LogP contribution in [0.15, 0.2) is 24.3 Å². The van der Waals surface area contributed by atoms with E-state index in [9.17, 15) is 9.18 Å². The van der Waals surface area contributed by atoms with Gasteiger partial charge in [0.05, 0.1) is 43.6 Å². The molecule has 2 aliphatic rings. The summed E-state index contributed by atoms with van der Waals surface area (Å²) >= 11 is 0. The van der Waals surface area contributed by atoms with Crippen LogP contribution in [-0.4, -0.2) is 62.0 Å². The van der Waals surface area contributed by atoms with Crippen molar-refractivity contribution in [2.45, 2.75) is 25.0 Å². The second-order valence-electron chi connectivity index (χ2n) is 6.01. The van der Waals surface area contributed by atoms with Crippen LogP contribution in [-0.2, 0) is 14.2 Å². The number of halogens is 1. The number of carbonyl (C=O) groups is 1. The molecule has 2 aliphatic heterocycles. The number of morpholine rings is 1. The van der Waals surface area contributed by atoms with Crippen molar-refractivity contribution in [1.82, 2.24) is 4.90 Å². The number of amides is 1. The van der Waals surface area contributed by atoms with Gasteiger partial charge in [-0.1, -0.05) is 12.1 Å². The number of nitrogens with zero attached hydrogens (tertiary/aromatic N) is 1. The van der Waals surface area contributed by atoms with E-state index in [4.69, 9.17) is 14.2 Å². The van der Waals surface area contributed by atoms with Gasteiger partial charge in [0.2, 0.25) is 0 Å². The Morgan fingerprint density at radius 3 is 3.04 bits per heavy atom. The summed E-state index contributed by atoms with van der Waals surface area (Å²) in [6.07, 6.45) is 0.584. The van der Waals surface area contributed by atoms with Gasteiger partial charge in [0.25, 0.3) is 5.91 Å². The van der Waals surface area contributed by atoms with Crippen LogP contribution in [0.25, 0.3) is 0 Å². The lowest BCUT2D eigenvalue weighted by atomic mass is 9.92. The summed E-state index contributed by atoms with van der Waals surface area (Å²) in [5.41, 5.74) is -0.429. The first-order chi connectivity index (χ1) is 11.2. The van der Waals surface area contributed by atoms with E-state index in [1.807, 2.05) is 6.92 Å². The first-order valence-corrected chi connectivity index (χ1v) is 8.00. The van der Waals surface area contributed by atoms with E-state index in [0.29, 0.717) is 46.0 Å². The van der Waals surface area contributed by atoms with E-state index in [1.165, 1.54) is 12.1 Å². The van der Waals surface area contributed by atoms with Crippen LogP contribution in [0.3, 0.4) is 0 Å². The van der Waals surface area contributed by atoms with Gasteiger partial charge in [0, 0.05) is 19.6 Å². The van der Waals surface area contributed by atoms with E-state index in [2.05, 4.69) is 0 Å². The van der Waals surface area contributed by atoms with Gasteiger partial charge in [-0.25, -0.2) is 4.39 Å². The van der Waals surface area contributed by atoms with Gasteiger partial charge >= 0.3 is 0 Å². The molecule has 0 bridgehead atoms. The van der Waals surface area contributed by atoms with Crippen molar-refractivity contribution in [1.29, 1.82) is 0 Å². The Kier molecular flexibility index (Phi) is 4.94. The predicted octanol–water partition coefficient (Wildman–Crippen LogP) is 1.86. The Morgan fingerprint density at radius 2 is 2.26 bits per heavy atom. The number of rotatable bonds is 4. The van der Waals surface area contributed by atoms with Crippen molar-refractivity contribution >= 4 is 5.91 Å². The highest BCUT2D eigenvalue weighted by molar-refractivity contribution is 5.95. The largest absolute Gasteiger partial charge is 0.379 e. The molecule has 2 heterocycles. The summed E-state index contributed by atoms with van der Waals surface area (Å²) in [4.78, 5) is 14.6. The van der Waals surface area contributed by atoms with Crippen molar-refractivity contribution in [3.8, 4) is 0 Å². The summed E-state index contributed by atoms with van der Waals surface area (Å²) in [6, 6.07) is 6.09. The Morgan fingerprint density at radius 1 is 1.43 bits per heavy atom. The summed E-state index contributed by atoms with van der Waals surface area (Å²) < 4.78 is 30.8. The standard InChI is InChI=1S/C17H22FNO4/c1-2-21-10-13-9-17(12-23-13)11-22-8-7-19(17)16(20)14-5-3-4-6-15(14)18/h3-6,13H,2,7-12H2,1H3/t13-,17-/m0/s1. The lowest BCUT2D eigenvalue weighted by Gasteiger charge is -2.43. The van der Waals surface area contributed by atoms with E-state index in [-0.39, 0.29) is 17.6 Å². The van der Waals surface area contributed by atoms with E-state index in [1.54, 1.807) is 17.0 Å². The Bertz CT molecular complexity index is 567. The van der Waals surface area contributed by atoms with Crippen molar-refractivity contribution in [2.24, 2.45) is 0 Å². The normalized spacial score (nSPS) is 27.6. The molecule has 0 unspecified atom stereocenters. The first-order valence-electron chi connectivity index (χ1n) is 8.00. The van der Waals surface area contributed by atoms with Gasteiger partial charge in [-0.05, 0) is 19.1 Å². The number of carbonyl (C=O) groups excluding carboxylic acids is 1. The second kappa shape index (κ2) is 6.95. The Balaban J connectivity index is 1.80. The van der Waals surface area contributed by atoms with E-state index >= 15 is 0 Å². The van der Waals surface area contributed by atoms with Gasteiger partial charge < -0.3 is 19.1 Å². The van der Waals surface area contributed by atoms with Crippen LogP contribution in [0.4, 0.5) is 4.39 Å². The third-order valence-corrected chi connectivity index (χ3v) is 4.46. The molecule has 6 heteroatoms. The van der Waals surface area contributed by atoms with Gasteiger partial charge in [0.15, 0.2) is 0 Å². The molecule has 0 N–H and O–H groups in total. The second-order valence-corrected chi connectivity index (χ2v) is 6.01. The molecule has 1 amide bonds. The maximum absolute atomic E-state index is 14.0. The number of hydrogen-bond donors (Lipinski definition) is 0. The molecular weight excluding hydrogens is 301 g/mol. The number of benzene rings is 1. The number of ether oxygens (including phenoxy) is 3. The fourth-order valence-corrected chi connectivity index (χ4v) is 3.29. The molecule has 1 aromatic rings. The fourth-order valence-electron chi connectivity index (χ4n) is 3.29. The lowest BCUT2D eigenvalue weighted by molar-refractivity contribution is -0.0560. The zero-order valence-corrected chi connectivity index (χ0v) is 13.3. The average Bonchev–Trinajstić information content (AvgIpc) is 2.96. The molecule has 2 atom stereocenters. The molecule has 0 radical (unpaired) electrons. The summed E-state index contributed by atoms with van der Waals surface area (Å²) in [6.45, 7) is 4.76. The molecule has 0 saturated carbocycles. The fraction of sp³-hybridized carbons (Fsp3) is 0.588. The molecule has 3 rings (SSSR count). The zero-order valence-electron chi connectivity index (χ0n) is 13.3. The minimum absolute atomic E-state index is 0.0624. The molecular formula is C17H22FNO4. The molecule has 2 saturated heterocycles. The maximum atomic E-state index is 14.0. The molecule has 5 nitrogen and oxygen atoms in total. The highest BCUT2D eigenvalue weighted by atomic mass is 19.1. The summed E-state index contributed by atoms with van der Waals surface area (Å²) in [5.74, 6) is -0.795. The minimum Gasteiger partial charge on any atom is -0.379 e. The molecule has 2 fully saturated rings. The highest BCUT2D eigenvalue weighted by Crippen LogP contribution is 2.34. The van der Waals surface area contributed by atoms with Crippen LogP contribution in [0.5, 0.6) is 0 Å². The first kappa shape index (κ1) is 16.4. The zero-order chi connectivity index (χ0) is 16.3. The van der Waals surface area contributed by atoms with Gasteiger partial charge in [0.1, 0.15) is 5.82 Å². The molecule has 23 heavy (non-hydrogen) atoms. The lowest BCUT2D eigenvalue weighted by Crippen LogP contribution is -2.60. The van der Waals surface area contributed by atoms with Crippen LogP contribution in [0, 0.1) is 5.82 Å². The molecule has 0 aromatic heterocycles. The maximum Gasteiger partial charge on any atom is 0.257 e. The predicted molar refractivity (Wildman–Crippen MR) is 81.8 cm³/mol. The smallest absolute Gasteiger partial charge is 0.257 e. The number of hydrogen-bond acceptors (Lipinski definition) is 4. The third kappa shape index (κ3) is 3.24. The summed E-state index contributed by atoms with van der Waals surface area (Å²) in [7, 11) is 0. The van der Waals surface area contributed by atoms with Crippen molar-refractivity contribution in [3.05, 3.63) is 35.6 Å². The van der Waals surface area contributed by atoms with Crippen LogP contribution < -0.4 is 0 Å². The van der Waals surface area contributed by atoms with Gasteiger partial charge in [-0.2, -0.15) is 0 Å². The van der Waals surface area contributed by atoms with Crippen molar-refractivity contribution in [3.63, 3.8) is 0 Å². The van der Waals surface area contributed by atoms with E-state index < -0.39 is 11.4 Å². The van der Waals surface area contributed by atoms with Crippen LogP contribution >= 0.6 is 0 Å². The van der Waals surface area contributed by atoms with E-state index in [0.717, 1.165) is 0 Å². The Labute approximate surface area is 135 Å². The topological polar surface area (TPSA) is 48.0 Å². The molecule has 1 aromatic carbocycles. The average molecular weight is 323 g/mol. The molecule has 0 aliphatic carbocycles. The highest BCUT2D eigenvalue weighted by Gasteiger charge is 2.49. The monoisotopic (exact) mass is 323 g/mol. The van der Waals surface area contributed by atoms with Crippen LogP contribution in [0.1, 0.15) is 23.7 Å². The Hall–Kier alpha value is -1.50. The van der Waals surface area contributed by atoms with Gasteiger partial charge in [-0.3, -0.25) is 4.79 Å². The quantitative estimate of drug-likeness (QED) is 0.849. The van der Waals surface area contributed by atoms with Crippen molar-refractivity contribution in [2.75, 3.05) is 39.6 Å². The van der Waals surface area contributed by atoms with Crippen LogP contribution in [0.2, 0.25) is 0 Å². The summed E-state index contributed by atoms with van der Waals surface area (Å²) in [5, 5.41) is 0. The van der Waals surface area contributed by atoms with Gasteiger partial charge in [-0.15, -0.1) is 0 Å².